The minimum atomic E-state index is -0.739. The van der Waals surface area contributed by atoms with Crippen LogP contribution in [0.15, 0.2) is 54.1 Å². The molecule has 0 bridgehead atoms. The predicted octanol–water partition coefficient (Wildman–Crippen LogP) is 3.81. The standard InChI is InChI=1S/C22H22ClNO5/c1-28-11-5-10-24-19(14-6-3-8-16(23)12-14)18(21(26)22(24)27)20(25)15-7-4-9-17(13-15)29-2/h3-4,6-9,12-13,19,25H,5,10-11H2,1-2H3/b20-18+. The fourth-order valence-electron chi connectivity index (χ4n) is 3.44. The Hall–Kier alpha value is -2.83. The molecule has 29 heavy (non-hydrogen) atoms. The number of methoxy groups -OCH3 is 2. The van der Waals surface area contributed by atoms with Crippen LogP contribution in [0.1, 0.15) is 23.6 Å². The average Bonchev–Trinajstić information content (AvgIpc) is 2.98. The summed E-state index contributed by atoms with van der Waals surface area (Å²) in [4.78, 5) is 27.1. The van der Waals surface area contributed by atoms with Gasteiger partial charge in [-0.3, -0.25) is 9.59 Å². The van der Waals surface area contributed by atoms with E-state index in [0.717, 1.165) is 0 Å². The van der Waals surface area contributed by atoms with Gasteiger partial charge >= 0.3 is 0 Å². The highest BCUT2D eigenvalue weighted by Gasteiger charge is 2.45. The van der Waals surface area contributed by atoms with Crippen molar-refractivity contribution >= 4 is 29.1 Å². The average molecular weight is 416 g/mol. The Morgan fingerprint density at radius 1 is 1.14 bits per heavy atom. The number of amides is 1. The van der Waals surface area contributed by atoms with Crippen molar-refractivity contribution in [3.05, 3.63) is 70.3 Å². The molecule has 0 aromatic heterocycles. The second-order valence-electron chi connectivity index (χ2n) is 6.63. The van der Waals surface area contributed by atoms with Gasteiger partial charge in [0.15, 0.2) is 0 Å². The van der Waals surface area contributed by atoms with E-state index >= 15 is 0 Å². The number of aliphatic hydroxyl groups excluding tert-OH is 1. The van der Waals surface area contributed by atoms with Crippen molar-refractivity contribution in [2.45, 2.75) is 12.5 Å². The van der Waals surface area contributed by atoms with E-state index in [1.54, 1.807) is 55.6 Å². The summed E-state index contributed by atoms with van der Waals surface area (Å²) in [5.74, 6) is -1.10. The highest BCUT2D eigenvalue weighted by Crippen LogP contribution is 2.40. The Kier molecular flexibility index (Phi) is 6.56. The van der Waals surface area contributed by atoms with Crippen molar-refractivity contribution in [3.63, 3.8) is 0 Å². The van der Waals surface area contributed by atoms with Gasteiger partial charge in [0.05, 0.1) is 18.7 Å². The molecule has 1 fully saturated rings. The number of likely N-dealkylation sites (tertiary alicyclic amines) is 1. The predicted molar refractivity (Wildman–Crippen MR) is 110 cm³/mol. The van der Waals surface area contributed by atoms with Gasteiger partial charge < -0.3 is 19.5 Å². The molecule has 0 saturated carbocycles. The van der Waals surface area contributed by atoms with Gasteiger partial charge in [0.1, 0.15) is 11.5 Å². The summed E-state index contributed by atoms with van der Waals surface area (Å²) < 4.78 is 10.3. The van der Waals surface area contributed by atoms with Gasteiger partial charge in [0.25, 0.3) is 11.7 Å². The van der Waals surface area contributed by atoms with Crippen molar-refractivity contribution in [1.82, 2.24) is 4.90 Å². The van der Waals surface area contributed by atoms with Crippen molar-refractivity contribution in [1.29, 1.82) is 0 Å². The van der Waals surface area contributed by atoms with E-state index in [4.69, 9.17) is 21.1 Å². The Bertz CT molecular complexity index is 956. The SMILES string of the molecule is COCCCN1C(=O)C(=O)/C(=C(/O)c2cccc(OC)c2)C1c1cccc(Cl)c1. The molecular formula is C22H22ClNO5. The summed E-state index contributed by atoms with van der Waals surface area (Å²) in [5.41, 5.74) is 1.08. The lowest BCUT2D eigenvalue weighted by atomic mass is 9.95. The highest BCUT2D eigenvalue weighted by molar-refractivity contribution is 6.46. The van der Waals surface area contributed by atoms with Crippen LogP contribution in [-0.2, 0) is 14.3 Å². The van der Waals surface area contributed by atoms with Gasteiger partial charge in [0.2, 0.25) is 0 Å². The molecular weight excluding hydrogens is 394 g/mol. The highest BCUT2D eigenvalue weighted by atomic mass is 35.5. The van der Waals surface area contributed by atoms with E-state index < -0.39 is 17.7 Å². The molecule has 7 heteroatoms. The number of rotatable bonds is 7. The van der Waals surface area contributed by atoms with Crippen LogP contribution in [0.2, 0.25) is 5.02 Å². The Balaban J connectivity index is 2.13. The lowest BCUT2D eigenvalue weighted by Gasteiger charge is -2.25. The van der Waals surface area contributed by atoms with Crippen molar-refractivity contribution in [2.75, 3.05) is 27.4 Å². The van der Waals surface area contributed by atoms with Crippen LogP contribution < -0.4 is 4.74 Å². The number of carbonyl (C=O) groups is 2. The fourth-order valence-corrected chi connectivity index (χ4v) is 3.64. The number of aliphatic hydroxyl groups is 1. The van der Waals surface area contributed by atoms with Crippen molar-refractivity contribution in [3.8, 4) is 5.75 Å². The van der Waals surface area contributed by atoms with Crippen LogP contribution in [0, 0.1) is 0 Å². The van der Waals surface area contributed by atoms with Crippen LogP contribution in [0.25, 0.3) is 5.76 Å². The third-order valence-corrected chi connectivity index (χ3v) is 5.03. The molecule has 1 atom stereocenters. The number of benzene rings is 2. The molecule has 0 aliphatic carbocycles. The largest absolute Gasteiger partial charge is 0.507 e. The van der Waals surface area contributed by atoms with Crippen LogP contribution in [0.4, 0.5) is 0 Å². The summed E-state index contributed by atoms with van der Waals surface area (Å²) in [5, 5.41) is 11.5. The number of halogens is 1. The minimum Gasteiger partial charge on any atom is -0.507 e. The van der Waals surface area contributed by atoms with Crippen LogP contribution in [-0.4, -0.2) is 49.1 Å². The topological polar surface area (TPSA) is 76.1 Å². The number of hydrogen-bond acceptors (Lipinski definition) is 5. The number of ketones is 1. The Labute approximate surface area is 174 Å². The fraction of sp³-hybridized carbons (Fsp3) is 0.273. The van der Waals surface area contributed by atoms with Gasteiger partial charge in [-0.2, -0.15) is 0 Å². The normalized spacial score (nSPS) is 18.3. The van der Waals surface area contributed by atoms with Crippen molar-refractivity contribution < 1.29 is 24.2 Å². The van der Waals surface area contributed by atoms with E-state index in [2.05, 4.69) is 0 Å². The van der Waals surface area contributed by atoms with E-state index in [1.807, 2.05) is 0 Å². The van der Waals surface area contributed by atoms with Crippen LogP contribution in [0.5, 0.6) is 5.75 Å². The molecule has 0 radical (unpaired) electrons. The first-order valence-corrected chi connectivity index (χ1v) is 9.53. The molecule has 3 rings (SSSR count). The first kappa shape index (κ1) is 20.9. The smallest absolute Gasteiger partial charge is 0.295 e. The zero-order chi connectivity index (χ0) is 21.0. The third-order valence-electron chi connectivity index (χ3n) is 4.80. The van der Waals surface area contributed by atoms with Gasteiger partial charge in [-0.1, -0.05) is 35.9 Å². The maximum atomic E-state index is 12.9. The molecule has 6 nitrogen and oxygen atoms in total. The number of Topliss-reactive ketones (excluding diaryl/α,β-unsaturated/α-hetero) is 1. The molecule has 2 aromatic rings. The molecule has 0 spiro atoms. The molecule has 2 aromatic carbocycles. The minimum absolute atomic E-state index is 0.0305. The molecule has 1 aliphatic rings. The summed E-state index contributed by atoms with van der Waals surface area (Å²) in [6, 6.07) is 12.9. The van der Waals surface area contributed by atoms with Crippen LogP contribution >= 0.6 is 11.6 Å². The molecule has 1 heterocycles. The Morgan fingerprint density at radius 2 is 1.90 bits per heavy atom. The van der Waals surface area contributed by atoms with E-state index in [1.165, 1.54) is 12.0 Å². The molecule has 1 unspecified atom stereocenters. The summed E-state index contributed by atoms with van der Waals surface area (Å²) in [6.07, 6.45) is 0.555. The van der Waals surface area contributed by atoms with E-state index in [-0.39, 0.29) is 11.3 Å². The quantitative estimate of drug-likeness (QED) is 0.322. The second-order valence-corrected chi connectivity index (χ2v) is 7.06. The molecule has 1 saturated heterocycles. The van der Waals surface area contributed by atoms with E-state index in [9.17, 15) is 14.7 Å². The molecule has 1 N–H and O–H groups in total. The lowest BCUT2D eigenvalue weighted by molar-refractivity contribution is -0.140. The second kappa shape index (κ2) is 9.11. The van der Waals surface area contributed by atoms with Crippen LogP contribution in [0.3, 0.4) is 0 Å². The maximum absolute atomic E-state index is 12.9. The number of hydrogen-bond donors (Lipinski definition) is 1. The zero-order valence-electron chi connectivity index (χ0n) is 16.2. The number of carbonyl (C=O) groups excluding carboxylic acids is 2. The molecule has 152 valence electrons. The first-order chi connectivity index (χ1) is 14.0. The number of nitrogens with zero attached hydrogens (tertiary/aromatic N) is 1. The molecule has 1 aliphatic heterocycles. The zero-order valence-corrected chi connectivity index (χ0v) is 17.0. The summed E-state index contributed by atoms with van der Waals surface area (Å²) in [6.45, 7) is 0.756. The monoisotopic (exact) mass is 415 g/mol. The maximum Gasteiger partial charge on any atom is 0.295 e. The molecule has 1 amide bonds. The summed E-state index contributed by atoms with van der Waals surface area (Å²) >= 11 is 6.15. The summed E-state index contributed by atoms with van der Waals surface area (Å²) in [7, 11) is 3.09. The van der Waals surface area contributed by atoms with Crippen molar-refractivity contribution in [2.24, 2.45) is 0 Å². The van der Waals surface area contributed by atoms with Gasteiger partial charge in [-0.25, -0.2) is 0 Å². The number of ether oxygens (including phenoxy) is 2. The van der Waals surface area contributed by atoms with E-state index in [0.29, 0.717) is 41.5 Å². The first-order valence-electron chi connectivity index (χ1n) is 9.15. The van der Waals surface area contributed by atoms with Gasteiger partial charge in [0, 0.05) is 30.8 Å². The lowest BCUT2D eigenvalue weighted by Crippen LogP contribution is -2.31. The van der Waals surface area contributed by atoms with Gasteiger partial charge in [-0.15, -0.1) is 0 Å². The third kappa shape index (κ3) is 4.28. The Morgan fingerprint density at radius 3 is 2.59 bits per heavy atom. The van der Waals surface area contributed by atoms with Gasteiger partial charge in [-0.05, 0) is 36.2 Å².